The van der Waals surface area contributed by atoms with Crippen LogP contribution in [0.25, 0.3) is 0 Å². The van der Waals surface area contributed by atoms with E-state index in [1.807, 2.05) is 9.83 Å². The third kappa shape index (κ3) is 19.2. The number of hydrogen-bond acceptors (Lipinski definition) is 5. The fourth-order valence-electron chi connectivity index (χ4n) is 4.41. The minimum absolute atomic E-state index is 0.622. The van der Waals surface area contributed by atoms with Gasteiger partial charge in [-0.2, -0.15) is 0 Å². The smallest absolute Gasteiger partial charge is 0.0711 e. The molecule has 0 aromatic heterocycles. The van der Waals surface area contributed by atoms with Crippen LogP contribution in [0.15, 0.2) is 0 Å². The van der Waals surface area contributed by atoms with Crippen LogP contribution in [0.1, 0.15) is 106 Å². The Labute approximate surface area is 223 Å². The SMILES string of the molecule is CCCCOC(CCCCSSSCCCCC(OCCCC)[SiH](CC)CC)[SiH](CC)CC. The van der Waals surface area contributed by atoms with Crippen molar-refractivity contribution in [1.29, 1.82) is 0 Å². The largest absolute Gasteiger partial charge is 0.382 e. The predicted molar refractivity (Wildman–Crippen MR) is 166 cm³/mol. The van der Waals surface area contributed by atoms with Gasteiger partial charge in [-0.15, -0.1) is 0 Å². The Morgan fingerprint density at radius 2 is 0.939 bits per heavy atom. The number of unbranched alkanes of at least 4 members (excludes halogenated alkanes) is 4. The first kappa shape index (κ1) is 34.4. The normalized spacial score (nSPS) is 13.8. The van der Waals surface area contributed by atoms with Gasteiger partial charge in [0.1, 0.15) is 0 Å². The number of rotatable bonds is 26. The zero-order valence-electron chi connectivity index (χ0n) is 23.1. The Balaban J connectivity index is 3.83. The van der Waals surface area contributed by atoms with Gasteiger partial charge in [-0.3, -0.25) is 0 Å². The van der Waals surface area contributed by atoms with E-state index in [0.717, 1.165) is 13.2 Å². The summed E-state index contributed by atoms with van der Waals surface area (Å²) in [4.78, 5) is 0. The first-order valence-corrected chi connectivity index (χ1v) is 22.7. The van der Waals surface area contributed by atoms with Crippen LogP contribution in [0.2, 0.25) is 24.2 Å². The van der Waals surface area contributed by atoms with Crippen molar-refractivity contribution < 1.29 is 9.47 Å². The lowest BCUT2D eigenvalue weighted by Crippen LogP contribution is -2.32. The molecule has 0 aliphatic carbocycles. The summed E-state index contributed by atoms with van der Waals surface area (Å²) in [7, 11) is 4.75. The van der Waals surface area contributed by atoms with E-state index >= 15 is 0 Å². The van der Waals surface area contributed by atoms with Crippen LogP contribution in [-0.2, 0) is 9.47 Å². The highest BCUT2D eigenvalue weighted by atomic mass is 33.5. The lowest BCUT2D eigenvalue weighted by molar-refractivity contribution is 0.0918. The van der Waals surface area contributed by atoms with Crippen LogP contribution in [0.5, 0.6) is 0 Å². The maximum Gasteiger partial charge on any atom is 0.0711 e. The first-order valence-electron chi connectivity index (χ1n) is 14.3. The Bertz CT molecular complexity index is 353. The third-order valence-corrected chi connectivity index (χ3v) is 18.6. The van der Waals surface area contributed by atoms with Crippen molar-refractivity contribution >= 4 is 49.0 Å². The second-order valence-electron chi connectivity index (χ2n) is 9.38. The minimum Gasteiger partial charge on any atom is -0.382 e. The van der Waals surface area contributed by atoms with E-state index in [4.69, 9.17) is 9.47 Å². The lowest BCUT2D eigenvalue weighted by atomic mass is 10.2. The molecule has 0 saturated heterocycles. The lowest BCUT2D eigenvalue weighted by Gasteiger charge is -2.24. The van der Waals surface area contributed by atoms with E-state index in [9.17, 15) is 0 Å². The second-order valence-corrected chi connectivity index (χ2v) is 21.6. The van der Waals surface area contributed by atoms with Crippen LogP contribution in [0.3, 0.4) is 0 Å². The van der Waals surface area contributed by atoms with Crippen LogP contribution in [0, 0.1) is 0 Å². The molecule has 0 radical (unpaired) electrons. The average molecular weight is 555 g/mol. The van der Waals surface area contributed by atoms with E-state index in [2.05, 4.69) is 63.1 Å². The molecular formula is C26H58O2S3Si2. The highest BCUT2D eigenvalue weighted by Crippen LogP contribution is 2.36. The Morgan fingerprint density at radius 1 is 0.545 bits per heavy atom. The molecule has 0 N–H and O–H groups in total. The van der Waals surface area contributed by atoms with Gasteiger partial charge in [0.2, 0.25) is 0 Å². The van der Waals surface area contributed by atoms with Crippen LogP contribution in [-0.4, -0.2) is 53.8 Å². The third-order valence-electron chi connectivity index (χ3n) is 6.84. The molecule has 0 rings (SSSR count). The van der Waals surface area contributed by atoms with Crippen molar-refractivity contribution in [3.05, 3.63) is 0 Å². The summed E-state index contributed by atoms with van der Waals surface area (Å²) >= 11 is 0. The maximum atomic E-state index is 6.32. The zero-order valence-corrected chi connectivity index (χ0v) is 27.8. The van der Waals surface area contributed by atoms with Gasteiger partial charge in [0, 0.05) is 36.2 Å². The average Bonchev–Trinajstić information content (AvgIpc) is 2.83. The molecule has 2 nitrogen and oxygen atoms in total. The molecule has 0 heterocycles. The molecule has 0 aromatic carbocycles. The fraction of sp³-hybridized carbons (Fsp3) is 1.00. The Morgan fingerprint density at radius 3 is 1.27 bits per heavy atom. The van der Waals surface area contributed by atoms with E-state index in [-0.39, 0.29) is 0 Å². The predicted octanol–water partition coefficient (Wildman–Crippen LogP) is 9.34. The Kier molecular flexibility index (Phi) is 27.6. The number of ether oxygens (including phenoxy) is 2. The monoisotopic (exact) mass is 554 g/mol. The summed E-state index contributed by atoms with van der Waals surface area (Å²) < 4.78 is 12.6. The molecule has 2 unspecified atom stereocenters. The summed E-state index contributed by atoms with van der Waals surface area (Å²) in [5.74, 6) is 2.58. The first-order chi connectivity index (χ1) is 16.2. The van der Waals surface area contributed by atoms with Crippen molar-refractivity contribution in [3.63, 3.8) is 0 Å². The summed E-state index contributed by atoms with van der Waals surface area (Å²) in [5.41, 5.74) is 1.24. The zero-order chi connectivity index (χ0) is 24.6. The quantitative estimate of drug-likeness (QED) is 0.0600. The van der Waals surface area contributed by atoms with Gasteiger partial charge >= 0.3 is 0 Å². The number of hydrogen-bond donors (Lipinski definition) is 0. The molecule has 0 spiro atoms. The van der Waals surface area contributed by atoms with Gasteiger partial charge in [0.25, 0.3) is 0 Å². The van der Waals surface area contributed by atoms with Crippen molar-refractivity contribution in [1.82, 2.24) is 0 Å². The van der Waals surface area contributed by atoms with Crippen LogP contribution in [0.4, 0.5) is 0 Å². The van der Waals surface area contributed by atoms with Gasteiger partial charge < -0.3 is 9.47 Å². The van der Waals surface area contributed by atoms with E-state index < -0.39 is 17.6 Å². The van der Waals surface area contributed by atoms with E-state index in [0.29, 0.717) is 11.5 Å². The van der Waals surface area contributed by atoms with E-state index in [1.165, 1.54) is 99.9 Å². The second kappa shape index (κ2) is 26.5. The van der Waals surface area contributed by atoms with Crippen LogP contribution < -0.4 is 0 Å². The van der Waals surface area contributed by atoms with Gasteiger partial charge in [-0.1, -0.05) is 113 Å². The summed E-state index contributed by atoms with van der Waals surface area (Å²) in [6.07, 6.45) is 12.9. The molecule has 33 heavy (non-hydrogen) atoms. The van der Waals surface area contributed by atoms with Gasteiger partial charge in [-0.25, -0.2) is 0 Å². The topological polar surface area (TPSA) is 18.5 Å². The van der Waals surface area contributed by atoms with Crippen molar-refractivity contribution in [2.24, 2.45) is 0 Å². The fourth-order valence-corrected chi connectivity index (χ4v) is 13.9. The summed E-state index contributed by atoms with van der Waals surface area (Å²) in [6.45, 7) is 16.0. The highest BCUT2D eigenvalue weighted by molar-refractivity contribution is 9.09. The molecule has 200 valence electrons. The molecule has 2 atom stereocenters. The van der Waals surface area contributed by atoms with Gasteiger partial charge in [0.15, 0.2) is 0 Å². The molecule has 0 bridgehead atoms. The molecule has 0 aliphatic rings. The highest BCUT2D eigenvalue weighted by Gasteiger charge is 2.21. The van der Waals surface area contributed by atoms with E-state index in [1.54, 1.807) is 0 Å². The van der Waals surface area contributed by atoms with Gasteiger partial charge in [-0.05, 0) is 48.4 Å². The summed E-state index contributed by atoms with van der Waals surface area (Å²) in [6, 6.07) is 5.56. The minimum atomic E-state index is -0.703. The molecule has 0 amide bonds. The maximum absolute atomic E-state index is 6.32. The molecule has 0 saturated carbocycles. The standard InChI is InChI=1S/C26H58O2S3Si2/c1-7-13-21-27-25(32(9-3)10-4)19-15-17-23-29-31-30-24-18-16-20-26(28-22-14-8-2)33(11-5)12-6/h25-26,32-33H,7-24H2,1-6H3. The van der Waals surface area contributed by atoms with Crippen LogP contribution >= 0.6 is 31.4 Å². The van der Waals surface area contributed by atoms with Gasteiger partial charge in [0.05, 0.1) is 17.6 Å². The Hall–Kier alpha value is 1.40. The molecule has 0 aromatic rings. The molecular weight excluding hydrogens is 497 g/mol. The molecule has 7 heteroatoms. The van der Waals surface area contributed by atoms with Crippen molar-refractivity contribution in [3.8, 4) is 0 Å². The van der Waals surface area contributed by atoms with Crippen molar-refractivity contribution in [2.75, 3.05) is 24.7 Å². The summed E-state index contributed by atoms with van der Waals surface area (Å²) in [5, 5.41) is 0. The van der Waals surface area contributed by atoms with Crippen molar-refractivity contribution in [2.45, 2.75) is 141 Å². The molecule has 0 aliphatic heterocycles. The molecule has 0 fully saturated rings.